The monoisotopic (exact) mass is 352 g/mol. The summed E-state index contributed by atoms with van der Waals surface area (Å²) in [5.41, 5.74) is 0.381. The fourth-order valence-corrected chi connectivity index (χ4v) is 3.85. The molecular weight excluding hydrogens is 330 g/mol. The van der Waals surface area contributed by atoms with E-state index in [1.807, 2.05) is 4.68 Å². The summed E-state index contributed by atoms with van der Waals surface area (Å²) in [7, 11) is 0. The van der Waals surface area contributed by atoms with Gasteiger partial charge in [-0.3, -0.25) is 4.79 Å². The Morgan fingerprint density at radius 2 is 1.96 bits per heavy atom. The van der Waals surface area contributed by atoms with Gasteiger partial charge in [-0.15, -0.1) is 0 Å². The van der Waals surface area contributed by atoms with Crippen LogP contribution in [0.4, 0.5) is 8.78 Å². The molecule has 25 heavy (non-hydrogen) atoms. The molecule has 0 bridgehead atoms. The number of hydrogen-bond donors (Lipinski definition) is 1. The first-order valence-corrected chi connectivity index (χ1v) is 8.94. The number of rotatable bonds is 3. The lowest BCUT2D eigenvalue weighted by molar-refractivity contribution is -0.0458. The highest BCUT2D eigenvalue weighted by atomic mass is 19.3. The van der Waals surface area contributed by atoms with Gasteiger partial charge in [-0.1, -0.05) is 0 Å². The molecule has 1 N–H and O–H groups in total. The molecule has 3 heterocycles. The van der Waals surface area contributed by atoms with Crippen molar-refractivity contribution in [2.45, 2.75) is 56.9 Å². The lowest BCUT2D eigenvalue weighted by Crippen LogP contribution is -2.26. The van der Waals surface area contributed by atoms with Crippen molar-refractivity contribution < 1.29 is 13.5 Å². The Hall–Kier alpha value is -1.83. The van der Waals surface area contributed by atoms with Crippen molar-refractivity contribution >= 4 is 11.0 Å². The third-order valence-electron chi connectivity index (χ3n) is 5.37. The van der Waals surface area contributed by atoms with E-state index in [1.165, 1.54) is 0 Å². The Balaban J connectivity index is 1.59. The topological polar surface area (TPSA) is 72.8 Å². The minimum atomic E-state index is -2.54. The lowest BCUT2D eigenvalue weighted by atomic mass is 9.84. The lowest BCUT2D eigenvalue weighted by Gasteiger charge is -2.27. The fourth-order valence-electron chi connectivity index (χ4n) is 3.85. The van der Waals surface area contributed by atoms with Crippen LogP contribution in [0, 0.1) is 5.92 Å². The Morgan fingerprint density at radius 1 is 1.24 bits per heavy atom. The maximum absolute atomic E-state index is 13.3. The van der Waals surface area contributed by atoms with Crippen LogP contribution in [-0.2, 0) is 11.2 Å². The number of ether oxygens (including phenoxy) is 1. The van der Waals surface area contributed by atoms with Crippen LogP contribution >= 0.6 is 0 Å². The Bertz CT molecular complexity index is 801. The third kappa shape index (κ3) is 3.44. The van der Waals surface area contributed by atoms with Crippen molar-refractivity contribution in [1.29, 1.82) is 0 Å². The minimum Gasteiger partial charge on any atom is -0.381 e. The van der Waals surface area contributed by atoms with Gasteiger partial charge in [0.25, 0.3) is 5.56 Å². The van der Waals surface area contributed by atoms with E-state index in [-0.39, 0.29) is 30.4 Å². The summed E-state index contributed by atoms with van der Waals surface area (Å²) < 4.78 is 33.8. The third-order valence-corrected chi connectivity index (χ3v) is 5.37. The first kappa shape index (κ1) is 16.6. The van der Waals surface area contributed by atoms with Crippen LogP contribution in [0.5, 0.6) is 0 Å². The van der Waals surface area contributed by atoms with Gasteiger partial charge in [0.1, 0.15) is 11.2 Å². The predicted octanol–water partition coefficient (Wildman–Crippen LogP) is 2.84. The Morgan fingerprint density at radius 3 is 2.68 bits per heavy atom. The van der Waals surface area contributed by atoms with Gasteiger partial charge >= 0.3 is 0 Å². The number of nitrogens with one attached hydrogen (secondary N) is 1. The predicted molar refractivity (Wildman–Crippen MR) is 87.8 cm³/mol. The molecule has 1 saturated carbocycles. The van der Waals surface area contributed by atoms with Gasteiger partial charge in [-0.05, 0) is 31.6 Å². The molecule has 1 aliphatic carbocycles. The number of hydrogen-bond acceptors (Lipinski definition) is 4. The van der Waals surface area contributed by atoms with Crippen LogP contribution in [0.25, 0.3) is 11.0 Å². The number of nitrogens with zero attached hydrogens (tertiary/aromatic N) is 3. The van der Waals surface area contributed by atoms with Crippen LogP contribution in [0.3, 0.4) is 0 Å². The molecule has 2 aromatic heterocycles. The molecule has 0 unspecified atom stereocenters. The van der Waals surface area contributed by atoms with Crippen LogP contribution in [0.1, 0.15) is 50.4 Å². The molecule has 1 aliphatic heterocycles. The van der Waals surface area contributed by atoms with Gasteiger partial charge in [0.2, 0.25) is 5.92 Å². The summed E-state index contributed by atoms with van der Waals surface area (Å²) in [6, 6.07) is 0.182. The zero-order valence-electron chi connectivity index (χ0n) is 14.0. The maximum atomic E-state index is 13.3. The summed E-state index contributed by atoms with van der Waals surface area (Å²) in [5, 5.41) is 4.84. The molecule has 0 aromatic carbocycles. The Kier molecular flexibility index (Phi) is 4.31. The molecule has 136 valence electrons. The molecule has 1 saturated heterocycles. The van der Waals surface area contributed by atoms with Gasteiger partial charge in [-0.2, -0.15) is 5.10 Å². The van der Waals surface area contributed by atoms with E-state index >= 15 is 0 Å². The number of H-pyrrole nitrogens is 1. The Labute approximate surface area is 143 Å². The van der Waals surface area contributed by atoms with Crippen molar-refractivity contribution in [3.8, 4) is 0 Å². The molecular formula is C17H22F2N4O2. The highest BCUT2D eigenvalue weighted by Crippen LogP contribution is 2.37. The number of aromatic amines is 1. The summed E-state index contributed by atoms with van der Waals surface area (Å²) in [4.78, 5) is 19.8. The average molecular weight is 352 g/mol. The molecule has 0 spiro atoms. The summed E-state index contributed by atoms with van der Waals surface area (Å²) in [6.45, 7) is 1.36. The van der Waals surface area contributed by atoms with Crippen LogP contribution in [0.15, 0.2) is 11.0 Å². The van der Waals surface area contributed by atoms with E-state index in [9.17, 15) is 13.6 Å². The first-order chi connectivity index (χ1) is 12.0. The SMILES string of the molecule is O=c1[nH]c(CC2CCC(F)(F)CC2)nc2c1cnn2C1CCOCC1. The van der Waals surface area contributed by atoms with E-state index in [0.29, 0.717) is 49.3 Å². The van der Waals surface area contributed by atoms with Gasteiger partial charge in [0, 0.05) is 32.5 Å². The molecule has 0 atom stereocenters. The van der Waals surface area contributed by atoms with E-state index < -0.39 is 5.92 Å². The van der Waals surface area contributed by atoms with Crippen molar-refractivity contribution in [2.24, 2.45) is 5.92 Å². The van der Waals surface area contributed by atoms with E-state index in [4.69, 9.17) is 4.74 Å². The molecule has 2 aliphatic rings. The molecule has 0 radical (unpaired) electrons. The molecule has 0 amide bonds. The molecule has 4 rings (SSSR count). The minimum absolute atomic E-state index is 0.0792. The number of aromatic nitrogens is 4. The summed E-state index contributed by atoms with van der Waals surface area (Å²) in [5.74, 6) is -1.83. The molecule has 2 aromatic rings. The second kappa shape index (κ2) is 6.48. The maximum Gasteiger partial charge on any atom is 0.262 e. The van der Waals surface area contributed by atoms with Crippen LogP contribution in [0.2, 0.25) is 0 Å². The summed E-state index contributed by atoms with van der Waals surface area (Å²) in [6.07, 6.45) is 4.55. The molecule has 6 nitrogen and oxygen atoms in total. The zero-order valence-corrected chi connectivity index (χ0v) is 14.0. The standard InChI is InChI=1S/C17H22F2N4O2/c18-17(19)5-1-11(2-6-17)9-14-21-15-13(16(24)22-14)10-20-23(15)12-3-7-25-8-4-12/h10-12H,1-9H2,(H,21,22,24). The van der Waals surface area contributed by atoms with Crippen LogP contribution < -0.4 is 5.56 Å². The van der Waals surface area contributed by atoms with Crippen LogP contribution in [-0.4, -0.2) is 38.9 Å². The van der Waals surface area contributed by atoms with Crippen molar-refractivity contribution in [3.63, 3.8) is 0 Å². The highest BCUT2D eigenvalue weighted by molar-refractivity contribution is 5.73. The second-order valence-electron chi connectivity index (χ2n) is 7.19. The van der Waals surface area contributed by atoms with Crippen molar-refractivity contribution in [3.05, 3.63) is 22.4 Å². The number of halogens is 2. The average Bonchev–Trinajstić information content (AvgIpc) is 3.02. The number of alkyl halides is 2. The van der Waals surface area contributed by atoms with E-state index in [0.717, 1.165) is 12.8 Å². The smallest absolute Gasteiger partial charge is 0.262 e. The van der Waals surface area contributed by atoms with E-state index in [1.54, 1.807) is 6.20 Å². The second-order valence-corrected chi connectivity index (χ2v) is 7.19. The van der Waals surface area contributed by atoms with Gasteiger partial charge < -0.3 is 9.72 Å². The summed E-state index contributed by atoms with van der Waals surface area (Å²) >= 11 is 0. The highest BCUT2D eigenvalue weighted by Gasteiger charge is 2.35. The first-order valence-electron chi connectivity index (χ1n) is 8.94. The number of fused-ring (bicyclic) bond motifs is 1. The van der Waals surface area contributed by atoms with Gasteiger partial charge in [0.15, 0.2) is 5.65 Å². The largest absolute Gasteiger partial charge is 0.381 e. The van der Waals surface area contributed by atoms with Crippen molar-refractivity contribution in [2.75, 3.05) is 13.2 Å². The molecule has 8 heteroatoms. The molecule has 2 fully saturated rings. The van der Waals surface area contributed by atoms with Gasteiger partial charge in [0.05, 0.1) is 12.2 Å². The zero-order chi connectivity index (χ0) is 17.4. The van der Waals surface area contributed by atoms with Gasteiger partial charge in [-0.25, -0.2) is 18.4 Å². The fraction of sp³-hybridized carbons (Fsp3) is 0.706. The normalized spacial score (nSPS) is 22.5. The van der Waals surface area contributed by atoms with E-state index in [2.05, 4.69) is 15.1 Å². The quantitative estimate of drug-likeness (QED) is 0.922. The van der Waals surface area contributed by atoms with Crippen molar-refractivity contribution in [1.82, 2.24) is 19.7 Å².